The molecule has 0 fully saturated rings. The van der Waals surface area contributed by atoms with E-state index in [1.165, 1.54) is 18.1 Å². The number of phenols is 1. The van der Waals surface area contributed by atoms with Gasteiger partial charge in [-0.3, -0.25) is 4.79 Å². The normalized spacial score (nSPS) is 17.0. The number of nitrogens with one attached hydrogen (secondary N) is 2. The zero-order chi connectivity index (χ0) is 17.3. The van der Waals surface area contributed by atoms with Gasteiger partial charge in [0.25, 0.3) is 0 Å². The van der Waals surface area contributed by atoms with Crippen LogP contribution >= 0.6 is 11.6 Å². The Morgan fingerprint density at radius 3 is 2.88 bits per heavy atom. The average Bonchev–Trinajstić information content (AvgIpc) is 2.74. The fourth-order valence-corrected chi connectivity index (χ4v) is 3.66. The van der Waals surface area contributed by atoms with E-state index in [2.05, 4.69) is 35.8 Å². The Labute approximate surface area is 146 Å². The van der Waals surface area contributed by atoms with Crippen molar-refractivity contribution >= 4 is 23.2 Å². The van der Waals surface area contributed by atoms with E-state index in [9.17, 15) is 9.90 Å². The van der Waals surface area contributed by atoms with Crippen molar-refractivity contribution in [2.45, 2.75) is 26.2 Å². The third-order valence-electron chi connectivity index (χ3n) is 4.40. The van der Waals surface area contributed by atoms with Crippen LogP contribution in [0.25, 0.3) is 0 Å². The minimum absolute atomic E-state index is 0.00787. The number of fused-ring (bicyclic) bond motifs is 1. The van der Waals surface area contributed by atoms with E-state index in [4.69, 9.17) is 11.6 Å². The van der Waals surface area contributed by atoms with Crippen LogP contribution in [0.3, 0.4) is 0 Å². The zero-order valence-electron chi connectivity index (χ0n) is 13.8. The number of hydrogen-bond donors (Lipinski definition) is 3. The Bertz CT molecular complexity index is 789. The van der Waals surface area contributed by atoms with E-state index in [0.29, 0.717) is 10.7 Å². The lowest BCUT2D eigenvalue weighted by atomic mass is 9.87. The minimum Gasteiger partial charge on any atom is -0.506 e. The van der Waals surface area contributed by atoms with Crippen molar-refractivity contribution in [1.29, 1.82) is 0 Å². The monoisotopic (exact) mass is 344 g/mol. The molecule has 1 aliphatic rings. The number of anilines is 1. The van der Waals surface area contributed by atoms with Crippen molar-refractivity contribution < 1.29 is 9.90 Å². The number of aromatic hydroxyl groups is 1. The number of halogens is 1. The summed E-state index contributed by atoms with van der Waals surface area (Å²) in [4.78, 5) is 11.4. The number of benzene rings is 2. The highest BCUT2D eigenvalue weighted by Gasteiger charge is 2.25. The summed E-state index contributed by atoms with van der Waals surface area (Å²) >= 11 is 6.53. The zero-order valence-corrected chi connectivity index (χ0v) is 14.6. The summed E-state index contributed by atoms with van der Waals surface area (Å²) < 4.78 is 0. The van der Waals surface area contributed by atoms with Crippen LogP contribution in [-0.2, 0) is 11.2 Å². The van der Waals surface area contributed by atoms with Gasteiger partial charge in [-0.25, -0.2) is 0 Å². The molecule has 2 aromatic carbocycles. The largest absolute Gasteiger partial charge is 0.506 e. The van der Waals surface area contributed by atoms with Crippen molar-refractivity contribution in [3.63, 3.8) is 0 Å². The van der Waals surface area contributed by atoms with E-state index >= 15 is 0 Å². The Morgan fingerprint density at radius 2 is 2.17 bits per heavy atom. The molecule has 24 heavy (non-hydrogen) atoms. The lowest BCUT2D eigenvalue weighted by Gasteiger charge is -2.21. The second-order valence-electron chi connectivity index (χ2n) is 6.25. The molecule has 1 amide bonds. The number of aryl methyl sites for hydroxylation is 1. The van der Waals surface area contributed by atoms with Crippen LogP contribution in [0.4, 0.5) is 5.69 Å². The standard InChI is InChI=1S/C19H21ClN2O2/c1-11-4-3-5-13(8-11)16-10-21-7-6-14-15(16)9-17(24)19(18(14)20)22-12(2)23/h3-5,8-9,16,21,24H,6-7,10H2,1-2H3,(H,22,23). The summed E-state index contributed by atoms with van der Waals surface area (Å²) in [5.74, 6) is -0.139. The lowest BCUT2D eigenvalue weighted by Crippen LogP contribution is -2.20. The van der Waals surface area contributed by atoms with Crippen LogP contribution in [0.1, 0.15) is 35.1 Å². The average molecular weight is 345 g/mol. The number of carbonyl (C=O) groups is 1. The molecule has 1 heterocycles. The lowest BCUT2D eigenvalue weighted by molar-refractivity contribution is -0.114. The van der Waals surface area contributed by atoms with Gasteiger partial charge in [-0.1, -0.05) is 41.4 Å². The number of carbonyl (C=O) groups excluding carboxylic acids is 1. The van der Waals surface area contributed by atoms with E-state index in [1.807, 2.05) is 6.07 Å². The van der Waals surface area contributed by atoms with Crippen LogP contribution in [0.15, 0.2) is 30.3 Å². The second kappa shape index (κ2) is 6.83. The minimum atomic E-state index is -0.255. The van der Waals surface area contributed by atoms with E-state index in [0.717, 1.165) is 30.6 Å². The molecule has 5 heteroatoms. The first-order chi connectivity index (χ1) is 11.5. The molecule has 1 unspecified atom stereocenters. The van der Waals surface area contributed by atoms with E-state index < -0.39 is 0 Å². The van der Waals surface area contributed by atoms with E-state index in [-0.39, 0.29) is 17.6 Å². The van der Waals surface area contributed by atoms with Crippen LogP contribution in [0, 0.1) is 6.92 Å². The Kier molecular flexibility index (Phi) is 4.78. The first-order valence-electron chi connectivity index (χ1n) is 8.06. The topological polar surface area (TPSA) is 61.4 Å². The van der Waals surface area contributed by atoms with Gasteiger partial charge in [-0.05, 0) is 42.6 Å². The smallest absolute Gasteiger partial charge is 0.221 e. The van der Waals surface area contributed by atoms with Crippen LogP contribution in [0.2, 0.25) is 5.02 Å². The molecule has 0 aliphatic carbocycles. The second-order valence-corrected chi connectivity index (χ2v) is 6.63. The van der Waals surface area contributed by atoms with E-state index in [1.54, 1.807) is 6.07 Å². The van der Waals surface area contributed by atoms with Gasteiger partial charge >= 0.3 is 0 Å². The third-order valence-corrected chi connectivity index (χ3v) is 4.82. The van der Waals surface area contributed by atoms with Crippen molar-refractivity contribution in [3.8, 4) is 5.75 Å². The highest BCUT2D eigenvalue weighted by molar-refractivity contribution is 6.35. The van der Waals surface area contributed by atoms with Crippen LogP contribution in [0.5, 0.6) is 5.75 Å². The molecule has 1 atom stereocenters. The van der Waals surface area contributed by atoms with Gasteiger partial charge in [-0.2, -0.15) is 0 Å². The van der Waals surface area contributed by atoms with Crippen molar-refractivity contribution in [2.24, 2.45) is 0 Å². The molecule has 0 saturated carbocycles. The predicted octanol–water partition coefficient (Wildman–Crippen LogP) is 3.59. The molecule has 0 aromatic heterocycles. The SMILES string of the molecule is CC(=O)Nc1c(O)cc2c(c1Cl)CCNCC2c1cccc(C)c1. The summed E-state index contributed by atoms with van der Waals surface area (Å²) in [7, 11) is 0. The fraction of sp³-hybridized carbons (Fsp3) is 0.316. The van der Waals surface area contributed by atoms with Crippen molar-refractivity contribution in [3.05, 3.63) is 57.6 Å². The van der Waals surface area contributed by atoms with Gasteiger partial charge in [0.15, 0.2) is 0 Å². The Hall–Kier alpha value is -2.04. The molecule has 3 rings (SSSR count). The number of phenolic OH excluding ortho intramolecular Hbond substituents is 1. The maximum Gasteiger partial charge on any atom is 0.221 e. The Morgan fingerprint density at radius 1 is 1.38 bits per heavy atom. The van der Waals surface area contributed by atoms with Gasteiger partial charge in [0, 0.05) is 19.4 Å². The van der Waals surface area contributed by atoms with Crippen LogP contribution in [-0.4, -0.2) is 24.1 Å². The Balaban J connectivity index is 2.14. The maximum atomic E-state index is 11.4. The quantitative estimate of drug-likeness (QED) is 0.730. The number of amides is 1. The molecule has 0 bridgehead atoms. The van der Waals surface area contributed by atoms with Crippen molar-refractivity contribution in [1.82, 2.24) is 5.32 Å². The van der Waals surface area contributed by atoms with Gasteiger partial charge < -0.3 is 15.7 Å². The third kappa shape index (κ3) is 3.25. The predicted molar refractivity (Wildman–Crippen MR) is 97.0 cm³/mol. The fourth-order valence-electron chi connectivity index (χ4n) is 3.31. The number of hydrogen-bond acceptors (Lipinski definition) is 3. The van der Waals surface area contributed by atoms with Gasteiger partial charge in [0.1, 0.15) is 11.4 Å². The number of rotatable bonds is 2. The molecule has 1 aliphatic heterocycles. The van der Waals surface area contributed by atoms with Crippen LogP contribution < -0.4 is 10.6 Å². The molecule has 4 nitrogen and oxygen atoms in total. The van der Waals surface area contributed by atoms with Gasteiger partial charge in [0.05, 0.1) is 5.02 Å². The molecular weight excluding hydrogens is 324 g/mol. The highest BCUT2D eigenvalue weighted by atomic mass is 35.5. The van der Waals surface area contributed by atoms with Crippen molar-refractivity contribution in [2.75, 3.05) is 18.4 Å². The summed E-state index contributed by atoms with van der Waals surface area (Å²) in [5, 5.41) is 16.9. The summed E-state index contributed by atoms with van der Waals surface area (Å²) in [6, 6.07) is 10.1. The summed E-state index contributed by atoms with van der Waals surface area (Å²) in [6.07, 6.45) is 0.753. The molecule has 0 saturated heterocycles. The molecule has 126 valence electrons. The molecule has 3 N–H and O–H groups in total. The highest BCUT2D eigenvalue weighted by Crippen LogP contribution is 2.42. The maximum absolute atomic E-state index is 11.4. The molecule has 2 aromatic rings. The first kappa shape index (κ1) is 16.8. The molecule has 0 radical (unpaired) electrons. The summed E-state index contributed by atoms with van der Waals surface area (Å²) in [6.45, 7) is 5.06. The molecular formula is C19H21ClN2O2. The van der Waals surface area contributed by atoms with Gasteiger partial charge in [-0.15, -0.1) is 0 Å². The first-order valence-corrected chi connectivity index (χ1v) is 8.44. The van der Waals surface area contributed by atoms with Gasteiger partial charge in [0.2, 0.25) is 5.91 Å². The summed E-state index contributed by atoms with van der Waals surface area (Å²) in [5.41, 5.74) is 4.68. The molecule has 0 spiro atoms.